The molecule has 0 saturated carbocycles. The highest BCUT2D eigenvalue weighted by Gasteiger charge is 2.11. The summed E-state index contributed by atoms with van der Waals surface area (Å²) in [7, 11) is 0. The van der Waals surface area contributed by atoms with E-state index < -0.39 is 0 Å². The monoisotopic (exact) mass is 240 g/mol. The lowest BCUT2D eigenvalue weighted by Gasteiger charge is -2.05. The van der Waals surface area contributed by atoms with Crippen LogP contribution in [0.25, 0.3) is 0 Å². The number of rotatable bonds is 3. The van der Waals surface area contributed by atoms with Crippen LogP contribution in [0.15, 0.2) is 42.5 Å². The lowest BCUT2D eigenvalue weighted by Crippen LogP contribution is -2.04. The van der Waals surface area contributed by atoms with Gasteiger partial charge in [-0.05, 0) is 31.5 Å². The fraction of sp³-hybridized carbons (Fsp3) is 0.188. The summed E-state index contributed by atoms with van der Waals surface area (Å²) in [6.07, 6.45) is 0.317. The van der Waals surface area contributed by atoms with Crippen molar-refractivity contribution >= 4 is 5.78 Å². The maximum atomic E-state index is 12.1. The first kappa shape index (κ1) is 12.4. The largest absolute Gasteiger partial charge is 0.507 e. The first-order valence-corrected chi connectivity index (χ1v) is 5.94. The van der Waals surface area contributed by atoms with Crippen molar-refractivity contribution in [1.82, 2.24) is 0 Å². The molecule has 2 heteroatoms. The molecule has 2 rings (SSSR count). The Kier molecular flexibility index (Phi) is 3.47. The van der Waals surface area contributed by atoms with Gasteiger partial charge in [-0.2, -0.15) is 0 Å². The molecule has 2 aromatic carbocycles. The molecule has 92 valence electrons. The van der Waals surface area contributed by atoms with Gasteiger partial charge in [0.05, 0.1) is 5.56 Å². The number of ketones is 1. The summed E-state index contributed by atoms with van der Waals surface area (Å²) in [5.74, 6) is -0.00207. The van der Waals surface area contributed by atoms with E-state index in [2.05, 4.69) is 0 Å². The van der Waals surface area contributed by atoms with E-state index in [0.717, 1.165) is 11.1 Å². The predicted molar refractivity (Wildman–Crippen MR) is 72.1 cm³/mol. The van der Waals surface area contributed by atoms with Crippen molar-refractivity contribution in [2.24, 2.45) is 0 Å². The molecule has 0 radical (unpaired) electrons. The molecule has 2 nitrogen and oxygen atoms in total. The molecule has 0 aliphatic carbocycles. The van der Waals surface area contributed by atoms with Crippen molar-refractivity contribution in [3.63, 3.8) is 0 Å². The Morgan fingerprint density at radius 3 is 2.28 bits per heavy atom. The van der Waals surface area contributed by atoms with Gasteiger partial charge >= 0.3 is 0 Å². The van der Waals surface area contributed by atoms with Gasteiger partial charge in [-0.1, -0.05) is 41.5 Å². The first-order valence-electron chi connectivity index (χ1n) is 5.94. The van der Waals surface area contributed by atoms with Gasteiger partial charge in [0.15, 0.2) is 5.78 Å². The fourth-order valence-electron chi connectivity index (χ4n) is 1.86. The van der Waals surface area contributed by atoms with Crippen LogP contribution >= 0.6 is 0 Å². The summed E-state index contributed by atoms with van der Waals surface area (Å²) in [5.41, 5.74) is 3.51. The van der Waals surface area contributed by atoms with E-state index in [0.29, 0.717) is 12.0 Å². The Labute approximate surface area is 107 Å². The van der Waals surface area contributed by atoms with Crippen LogP contribution in [0.5, 0.6) is 5.75 Å². The molecular weight excluding hydrogens is 224 g/mol. The van der Waals surface area contributed by atoms with E-state index in [4.69, 9.17) is 0 Å². The second kappa shape index (κ2) is 5.05. The molecule has 18 heavy (non-hydrogen) atoms. The highest BCUT2D eigenvalue weighted by molar-refractivity contribution is 6.00. The summed E-state index contributed by atoms with van der Waals surface area (Å²) < 4.78 is 0. The minimum atomic E-state index is -0.0555. The van der Waals surface area contributed by atoms with Gasteiger partial charge in [0.25, 0.3) is 0 Å². The van der Waals surface area contributed by atoms with Crippen molar-refractivity contribution in [2.45, 2.75) is 20.3 Å². The maximum Gasteiger partial charge on any atom is 0.170 e. The summed E-state index contributed by atoms with van der Waals surface area (Å²) in [5, 5.41) is 9.71. The van der Waals surface area contributed by atoms with Crippen LogP contribution in [0.3, 0.4) is 0 Å². The van der Waals surface area contributed by atoms with Gasteiger partial charge in [-0.15, -0.1) is 0 Å². The fourth-order valence-corrected chi connectivity index (χ4v) is 1.86. The van der Waals surface area contributed by atoms with Crippen LogP contribution < -0.4 is 0 Å². The number of aromatic hydroxyl groups is 1. The molecule has 0 fully saturated rings. The SMILES string of the molecule is Cc1ccc(CC(=O)c2cc(C)ccc2O)cc1. The second-order valence-corrected chi connectivity index (χ2v) is 4.61. The molecule has 0 aliphatic heterocycles. The van der Waals surface area contributed by atoms with E-state index in [1.165, 1.54) is 5.56 Å². The van der Waals surface area contributed by atoms with E-state index in [1.807, 2.05) is 38.1 Å². The summed E-state index contributed by atoms with van der Waals surface area (Å²) in [6.45, 7) is 3.92. The van der Waals surface area contributed by atoms with Crippen molar-refractivity contribution < 1.29 is 9.90 Å². The molecule has 1 N–H and O–H groups in total. The molecule has 0 atom stereocenters. The number of carbonyl (C=O) groups is 1. The van der Waals surface area contributed by atoms with E-state index in [-0.39, 0.29) is 11.5 Å². The maximum absolute atomic E-state index is 12.1. The minimum Gasteiger partial charge on any atom is -0.507 e. The van der Waals surface area contributed by atoms with Crippen LogP contribution in [0.2, 0.25) is 0 Å². The molecular formula is C16H16O2. The minimum absolute atomic E-state index is 0.0534. The lowest BCUT2D eigenvalue weighted by molar-refractivity contribution is 0.0990. The normalized spacial score (nSPS) is 10.3. The van der Waals surface area contributed by atoms with Gasteiger partial charge in [0.2, 0.25) is 0 Å². The van der Waals surface area contributed by atoms with Crippen LogP contribution in [-0.4, -0.2) is 10.9 Å². The molecule has 2 aromatic rings. The molecule has 0 bridgehead atoms. The summed E-state index contributed by atoms with van der Waals surface area (Å²) >= 11 is 0. The van der Waals surface area contributed by atoms with Crippen LogP contribution in [0.4, 0.5) is 0 Å². The number of hydrogen-bond donors (Lipinski definition) is 1. The number of phenols is 1. The van der Waals surface area contributed by atoms with E-state index in [1.54, 1.807) is 18.2 Å². The third-order valence-electron chi connectivity index (χ3n) is 2.94. The predicted octanol–water partition coefficient (Wildman–Crippen LogP) is 3.43. The van der Waals surface area contributed by atoms with Gasteiger partial charge in [0, 0.05) is 6.42 Å². The lowest BCUT2D eigenvalue weighted by atomic mass is 10.00. The van der Waals surface area contributed by atoms with Gasteiger partial charge < -0.3 is 5.11 Å². The highest BCUT2D eigenvalue weighted by atomic mass is 16.3. The molecule has 0 unspecified atom stereocenters. The molecule has 0 spiro atoms. The van der Waals surface area contributed by atoms with Gasteiger partial charge in [-0.25, -0.2) is 0 Å². The number of aryl methyl sites for hydroxylation is 2. The Hall–Kier alpha value is -2.09. The molecule has 0 aromatic heterocycles. The van der Waals surface area contributed by atoms with Gasteiger partial charge in [0.1, 0.15) is 5.75 Å². The van der Waals surface area contributed by atoms with Gasteiger partial charge in [-0.3, -0.25) is 4.79 Å². The first-order chi connectivity index (χ1) is 8.56. The Balaban J connectivity index is 2.21. The number of Topliss-reactive ketones (excluding diaryl/α,β-unsaturated/α-hetero) is 1. The zero-order chi connectivity index (χ0) is 13.1. The van der Waals surface area contributed by atoms with Crippen molar-refractivity contribution in [1.29, 1.82) is 0 Å². The third-order valence-corrected chi connectivity index (χ3v) is 2.94. The Morgan fingerprint density at radius 1 is 1.00 bits per heavy atom. The van der Waals surface area contributed by atoms with Crippen molar-refractivity contribution in [3.8, 4) is 5.75 Å². The standard InChI is InChI=1S/C16H16O2/c1-11-3-6-13(7-4-11)10-16(18)14-9-12(2)5-8-15(14)17/h3-9,17H,10H2,1-2H3. The van der Waals surface area contributed by atoms with E-state index >= 15 is 0 Å². The smallest absolute Gasteiger partial charge is 0.170 e. The third kappa shape index (κ3) is 2.77. The zero-order valence-electron chi connectivity index (χ0n) is 10.6. The number of phenolic OH excluding ortho intramolecular Hbond substituents is 1. The zero-order valence-corrected chi connectivity index (χ0v) is 10.6. The number of benzene rings is 2. The average molecular weight is 240 g/mol. The van der Waals surface area contributed by atoms with Crippen LogP contribution in [0.1, 0.15) is 27.0 Å². The molecule has 0 saturated heterocycles. The summed E-state index contributed by atoms with van der Waals surface area (Å²) in [4.78, 5) is 12.1. The molecule has 0 aliphatic rings. The van der Waals surface area contributed by atoms with Crippen molar-refractivity contribution in [3.05, 3.63) is 64.7 Å². The molecule has 0 heterocycles. The Morgan fingerprint density at radius 2 is 1.61 bits per heavy atom. The number of hydrogen-bond acceptors (Lipinski definition) is 2. The quantitative estimate of drug-likeness (QED) is 0.834. The van der Waals surface area contributed by atoms with E-state index in [9.17, 15) is 9.90 Å². The topological polar surface area (TPSA) is 37.3 Å². The Bertz CT molecular complexity index is 568. The molecule has 0 amide bonds. The average Bonchev–Trinajstić information content (AvgIpc) is 2.35. The van der Waals surface area contributed by atoms with Crippen LogP contribution in [0, 0.1) is 13.8 Å². The highest BCUT2D eigenvalue weighted by Crippen LogP contribution is 2.20. The summed E-state index contributed by atoms with van der Waals surface area (Å²) in [6, 6.07) is 12.9. The number of carbonyl (C=O) groups excluding carboxylic acids is 1. The second-order valence-electron chi connectivity index (χ2n) is 4.61. The van der Waals surface area contributed by atoms with Crippen molar-refractivity contribution in [2.75, 3.05) is 0 Å². The van der Waals surface area contributed by atoms with Crippen LogP contribution in [-0.2, 0) is 6.42 Å².